The molecule has 1 aromatic carbocycles. The van der Waals surface area contributed by atoms with E-state index < -0.39 is 15.6 Å². The zero-order valence-corrected chi connectivity index (χ0v) is 11.3. The van der Waals surface area contributed by atoms with E-state index in [0.29, 0.717) is 12.0 Å². The van der Waals surface area contributed by atoms with Gasteiger partial charge in [-0.15, -0.1) is 0 Å². The van der Waals surface area contributed by atoms with Crippen molar-refractivity contribution < 1.29 is 18.6 Å². The van der Waals surface area contributed by atoms with E-state index in [1.54, 1.807) is 25.1 Å². The van der Waals surface area contributed by atoms with Crippen molar-refractivity contribution in [2.75, 3.05) is 13.2 Å². The summed E-state index contributed by atoms with van der Waals surface area (Å²) in [5.41, 5.74) is -0.614. The fraction of sp³-hybridized carbons (Fsp3) is 0.417. The molecule has 0 aromatic heterocycles. The maximum absolute atomic E-state index is 11.9. The van der Waals surface area contributed by atoms with Gasteiger partial charge in [0.25, 0.3) is 10.0 Å². The number of nitrogens with one attached hydrogen (secondary N) is 1. The molecule has 0 fully saturated rings. The molecule has 6 nitrogen and oxygen atoms in total. The Morgan fingerprint density at radius 1 is 1.26 bits per heavy atom. The van der Waals surface area contributed by atoms with Gasteiger partial charge in [0.2, 0.25) is 0 Å². The predicted molar refractivity (Wildman–Crippen MR) is 70.5 cm³/mol. The Morgan fingerprint density at radius 2 is 1.89 bits per heavy atom. The molecule has 2 rings (SSSR count). The lowest BCUT2D eigenvalue weighted by molar-refractivity contribution is 0.120. The molecule has 1 aromatic rings. The number of aliphatic hydroxyl groups excluding tert-OH is 2. The first-order valence-corrected chi connectivity index (χ1v) is 7.40. The van der Waals surface area contributed by atoms with E-state index >= 15 is 0 Å². The fourth-order valence-corrected chi connectivity index (χ4v) is 3.11. The highest BCUT2D eigenvalue weighted by molar-refractivity contribution is 7.90. The Balaban J connectivity index is 2.55. The first-order chi connectivity index (χ1) is 8.98. The van der Waals surface area contributed by atoms with Crippen LogP contribution in [0.3, 0.4) is 0 Å². The van der Waals surface area contributed by atoms with Gasteiger partial charge in [-0.2, -0.15) is 0 Å². The van der Waals surface area contributed by atoms with Crippen LogP contribution in [0, 0.1) is 0 Å². The van der Waals surface area contributed by atoms with Gasteiger partial charge in [0.05, 0.1) is 18.1 Å². The molecular formula is C12H16N2O4S. The molecule has 0 saturated carbocycles. The molecule has 7 heteroatoms. The molecule has 0 atom stereocenters. The maximum Gasteiger partial charge on any atom is 0.263 e. The van der Waals surface area contributed by atoms with Gasteiger partial charge in [0.15, 0.2) is 0 Å². The van der Waals surface area contributed by atoms with Crippen molar-refractivity contribution in [1.82, 2.24) is 4.72 Å². The van der Waals surface area contributed by atoms with Crippen molar-refractivity contribution >= 4 is 15.9 Å². The zero-order chi connectivity index (χ0) is 14.1. The van der Waals surface area contributed by atoms with Crippen LogP contribution in [0.4, 0.5) is 0 Å². The van der Waals surface area contributed by atoms with Crippen LogP contribution in [0.15, 0.2) is 34.2 Å². The minimum absolute atomic E-state index is 0.162. The SMILES string of the molecule is CCC(CO)(CO)N=C1NS(=O)(=O)c2ccccc21. The number of benzene rings is 1. The van der Waals surface area contributed by atoms with Crippen molar-refractivity contribution in [3.05, 3.63) is 29.8 Å². The molecule has 0 amide bonds. The second-order valence-electron chi connectivity index (χ2n) is 4.46. The lowest BCUT2D eigenvalue weighted by Crippen LogP contribution is -2.38. The molecule has 0 radical (unpaired) electrons. The molecule has 19 heavy (non-hydrogen) atoms. The average Bonchev–Trinajstić information content (AvgIpc) is 2.68. The topological polar surface area (TPSA) is 99.0 Å². The number of hydrogen-bond acceptors (Lipinski definition) is 5. The highest BCUT2D eigenvalue weighted by Crippen LogP contribution is 2.25. The molecule has 0 bridgehead atoms. The minimum atomic E-state index is -3.60. The van der Waals surface area contributed by atoms with E-state index in [4.69, 9.17) is 0 Å². The number of sulfonamides is 1. The normalized spacial score (nSPS) is 19.2. The minimum Gasteiger partial charge on any atom is -0.394 e. The second-order valence-corrected chi connectivity index (χ2v) is 6.11. The molecule has 1 aliphatic rings. The molecule has 104 valence electrons. The molecule has 0 unspecified atom stereocenters. The molecular weight excluding hydrogens is 268 g/mol. The first kappa shape index (κ1) is 14.0. The monoisotopic (exact) mass is 284 g/mol. The third-order valence-electron chi connectivity index (χ3n) is 3.26. The molecule has 1 heterocycles. The number of fused-ring (bicyclic) bond motifs is 1. The van der Waals surface area contributed by atoms with Gasteiger partial charge < -0.3 is 10.2 Å². The third kappa shape index (κ3) is 2.36. The van der Waals surface area contributed by atoms with E-state index in [1.165, 1.54) is 6.07 Å². The van der Waals surface area contributed by atoms with E-state index in [9.17, 15) is 18.6 Å². The number of aliphatic hydroxyl groups is 2. The summed E-state index contributed by atoms with van der Waals surface area (Å²) in [4.78, 5) is 4.39. The second kappa shape index (κ2) is 4.92. The van der Waals surface area contributed by atoms with Gasteiger partial charge in [-0.1, -0.05) is 19.1 Å². The van der Waals surface area contributed by atoms with Gasteiger partial charge in [-0.05, 0) is 18.6 Å². The van der Waals surface area contributed by atoms with Crippen LogP contribution in [-0.4, -0.2) is 43.2 Å². The predicted octanol–water partition coefficient (Wildman–Crippen LogP) is -0.142. The summed E-state index contributed by atoms with van der Waals surface area (Å²) in [7, 11) is -3.60. The summed E-state index contributed by atoms with van der Waals surface area (Å²) in [6, 6.07) is 6.47. The summed E-state index contributed by atoms with van der Waals surface area (Å²) >= 11 is 0. The quantitative estimate of drug-likeness (QED) is 0.716. The molecule has 0 spiro atoms. The van der Waals surface area contributed by atoms with Crippen molar-refractivity contribution in [1.29, 1.82) is 0 Å². The van der Waals surface area contributed by atoms with E-state index in [1.807, 2.05) is 0 Å². The summed E-state index contributed by atoms with van der Waals surface area (Å²) in [5.74, 6) is 0.167. The van der Waals surface area contributed by atoms with Crippen LogP contribution < -0.4 is 4.72 Å². The van der Waals surface area contributed by atoms with E-state index in [-0.39, 0.29) is 23.9 Å². The van der Waals surface area contributed by atoms with Crippen LogP contribution in [0.5, 0.6) is 0 Å². The van der Waals surface area contributed by atoms with Gasteiger partial charge in [-0.25, -0.2) is 8.42 Å². The van der Waals surface area contributed by atoms with Crippen LogP contribution in [0.1, 0.15) is 18.9 Å². The van der Waals surface area contributed by atoms with Gasteiger partial charge >= 0.3 is 0 Å². The Labute approximate surface area is 111 Å². The maximum atomic E-state index is 11.9. The number of aliphatic imine (C=N–C) groups is 1. The molecule has 0 saturated heterocycles. The lowest BCUT2D eigenvalue weighted by atomic mass is 9.99. The van der Waals surface area contributed by atoms with Gasteiger partial charge in [0, 0.05) is 5.56 Å². The fourth-order valence-electron chi connectivity index (χ4n) is 1.88. The summed E-state index contributed by atoms with van der Waals surface area (Å²) in [6.07, 6.45) is 0.396. The Hall–Kier alpha value is -1.44. The molecule has 3 N–H and O–H groups in total. The largest absolute Gasteiger partial charge is 0.394 e. The smallest absolute Gasteiger partial charge is 0.263 e. The van der Waals surface area contributed by atoms with Crippen molar-refractivity contribution in [2.45, 2.75) is 23.8 Å². The van der Waals surface area contributed by atoms with E-state index in [0.717, 1.165) is 0 Å². The van der Waals surface area contributed by atoms with Gasteiger partial charge in [0.1, 0.15) is 11.4 Å². The van der Waals surface area contributed by atoms with Crippen LogP contribution >= 0.6 is 0 Å². The average molecular weight is 284 g/mol. The standard InChI is InChI=1S/C12H16N2O4S/c1-2-12(7-15,8-16)13-11-9-5-3-4-6-10(9)19(17,18)14-11/h3-6,15-16H,2,7-8H2,1H3,(H,13,14). The van der Waals surface area contributed by atoms with Crippen molar-refractivity contribution in [3.8, 4) is 0 Å². The highest BCUT2D eigenvalue weighted by Gasteiger charge is 2.34. The number of rotatable bonds is 4. The van der Waals surface area contributed by atoms with Crippen LogP contribution in [0.2, 0.25) is 0 Å². The van der Waals surface area contributed by atoms with Crippen molar-refractivity contribution in [2.24, 2.45) is 4.99 Å². The summed E-state index contributed by atoms with van der Waals surface area (Å²) in [5, 5.41) is 18.7. The molecule has 1 aliphatic heterocycles. The Morgan fingerprint density at radius 3 is 2.47 bits per heavy atom. The number of amidine groups is 1. The Kier molecular flexibility index (Phi) is 3.62. The van der Waals surface area contributed by atoms with E-state index in [2.05, 4.69) is 9.71 Å². The van der Waals surface area contributed by atoms with Gasteiger partial charge in [-0.3, -0.25) is 9.71 Å². The zero-order valence-electron chi connectivity index (χ0n) is 10.5. The molecule has 0 aliphatic carbocycles. The summed E-state index contributed by atoms with van der Waals surface area (Å²) in [6.45, 7) is 1.06. The Bertz CT molecular complexity index is 598. The van der Waals surface area contributed by atoms with Crippen LogP contribution in [-0.2, 0) is 10.0 Å². The van der Waals surface area contributed by atoms with Crippen molar-refractivity contribution in [3.63, 3.8) is 0 Å². The third-order valence-corrected chi connectivity index (χ3v) is 4.66. The highest BCUT2D eigenvalue weighted by atomic mass is 32.2. The number of nitrogens with zero attached hydrogens (tertiary/aromatic N) is 1. The number of hydrogen-bond donors (Lipinski definition) is 3. The lowest BCUT2D eigenvalue weighted by Gasteiger charge is -2.24. The summed E-state index contributed by atoms with van der Waals surface area (Å²) < 4.78 is 26.1. The van der Waals surface area contributed by atoms with Crippen LogP contribution in [0.25, 0.3) is 0 Å². The first-order valence-electron chi connectivity index (χ1n) is 5.92.